The van der Waals surface area contributed by atoms with E-state index >= 15 is 0 Å². The van der Waals surface area contributed by atoms with E-state index in [0.29, 0.717) is 57.2 Å². The van der Waals surface area contributed by atoms with Crippen molar-refractivity contribution in [3.63, 3.8) is 0 Å². The van der Waals surface area contributed by atoms with Crippen molar-refractivity contribution in [1.82, 2.24) is 29.4 Å². The largest absolute Gasteiger partial charge is 0.744 e. The van der Waals surface area contributed by atoms with E-state index in [1.165, 1.54) is 12.1 Å². The first-order valence-electron chi connectivity index (χ1n) is 27.8. The second-order valence-corrected chi connectivity index (χ2v) is 27.1. The third-order valence-electron chi connectivity index (χ3n) is 14.9. The Balaban J connectivity index is 0.775. The standard InChI is InChI=1S/C55H71N8O19P3S/c1-6-61(7-2)37-24-26-40-39(35(3)50(79-43(40)31-37)36-19-12-10-13-20-36)21-18-22-45-55(4,5)41-32-38(86(74,75)76)25-27-42(41)62(45)29-16-11-14-23-46(64)57-28-15-8-9-17-30-77-83(68,69)81-85(72,73)82-84(70,71)78-33-44-48(65)49(66)53(80-44)63-34-58-47-51(63)59-54(56)60-52(47)67/h10,12-13,18-22,24-27,31-32,34,44,48-49,53,65-66H,6-9,11,14-17,23,28-30,33H2,1-5H3,(H7-,56,57,59,60,64,67,68,69,70,71,72,73,74,75,76)/t44-,48-,49-,53-/m1/s1. The maximum atomic E-state index is 12.8. The van der Waals surface area contributed by atoms with Gasteiger partial charge in [0.1, 0.15) is 53.0 Å². The van der Waals surface area contributed by atoms with Crippen LogP contribution in [0, 0.1) is 6.92 Å². The number of carbonyl (C=O) groups is 1. The normalized spacial score (nSPS) is 20.4. The highest BCUT2D eigenvalue weighted by Gasteiger charge is 2.48. The van der Waals surface area contributed by atoms with Gasteiger partial charge in [-0.1, -0.05) is 75.6 Å². The van der Waals surface area contributed by atoms with Crippen LogP contribution in [0.5, 0.6) is 0 Å². The number of ether oxygens (including phenoxy) is 1. The summed E-state index contributed by atoms with van der Waals surface area (Å²) in [6.45, 7) is 11.3. The number of H-pyrrole nitrogens is 1. The molecule has 0 saturated carbocycles. The number of amides is 1. The number of benzene rings is 3. The molecule has 4 aromatic rings. The van der Waals surface area contributed by atoms with Gasteiger partial charge in [0.25, 0.3) is 5.56 Å². The number of hydrogen-bond donors (Lipinski definition) is 8. The molecule has 3 aliphatic heterocycles. The van der Waals surface area contributed by atoms with Gasteiger partial charge in [0.2, 0.25) is 17.2 Å². The summed E-state index contributed by atoms with van der Waals surface area (Å²) < 4.78 is 107. The first kappa shape index (κ1) is 65.9. The number of nitrogens with one attached hydrogen (secondary N) is 2. The molecule has 31 heteroatoms. The SMILES string of the molecule is CC[N+](CC)=c1ccc2c(/C=C/C=C3/N(CCCCCC(=O)NCCCCCCOP(=O)(O)OP(=O)(O)OP(=O)(O)OC[C@H]4O[C@@H](n5cnc6c(=O)[nH]c(N)nc65)[C@H](O)[C@@H]4O)c4ccc(S(=O)(=O)[O-])cc4C3(C)C)c(C)c(-c3ccccc3)oc-2c1. The molecule has 0 spiro atoms. The molecular formula is C55H71N8O19P3S. The van der Waals surface area contributed by atoms with Crippen molar-refractivity contribution in [2.45, 2.75) is 121 Å². The number of carbonyl (C=O) groups excluding carboxylic acids is 1. The third-order valence-corrected chi connectivity index (χ3v) is 20.0. The van der Waals surface area contributed by atoms with E-state index in [4.69, 9.17) is 19.4 Å². The Morgan fingerprint density at radius 2 is 1.62 bits per heavy atom. The fourth-order valence-electron chi connectivity index (χ4n) is 10.5. The van der Waals surface area contributed by atoms with Crippen LogP contribution in [0.25, 0.3) is 39.9 Å². The van der Waals surface area contributed by atoms with Crippen LogP contribution >= 0.6 is 23.5 Å². The fraction of sp³-hybridized carbons (Fsp3) is 0.436. The molecule has 466 valence electrons. The van der Waals surface area contributed by atoms with Crippen LogP contribution in [0.4, 0.5) is 11.6 Å². The maximum Gasteiger partial charge on any atom is 0.490 e. The Morgan fingerprint density at radius 3 is 2.33 bits per heavy atom. The number of phosphoric acid groups is 3. The molecule has 8 rings (SSSR count). The smallest absolute Gasteiger partial charge is 0.490 e. The summed E-state index contributed by atoms with van der Waals surface area (Å²) in [5.41, 5.74) is 10.1. The quantitative estimate of drug-likeness (QED) is 0.0109. The van der Waals surface area contributed by atoms with E-state index in [2.05, 4.69) is 81.0 Å². The maximum absolute atomic E-state index is 12.8. The fourth-order valence-corrected chi connectivity index (χ4v) is 14.5. The minimum Gasteiger partial charge on any atom is -0.744 e. The highest BCUT2D eigenvalue weighted by molar-refractivity contribution is 7.85. The van der Waals surface area contributed by atoms with Gasteiger partial charge in [-0.15, -0.1) is 0 Å². The van der Waals surface area contributed by atoms with Crippen molar-refractivity contribution < 1.29 is 83.2 Å². The first-order chi connectivity index (χ1) is 40.6. The molecule has 27 nitrogen and oxygen atoms in total. The molecular weight excluding hydrogens is 1200 g/mol. The summed E-state index contributed by atoms with van der Waals surface area (Å²) in [5.74, 6) is 1.05. The van der Waals surface area contributed by atoms with E-state index in [1.807, 2.05) is 63.3 Å². The summed E-state index contributed by atoms with van der Waals surface area (Å²) in [7, 11) is -21.5. The molecule has 1 fully saturated rings. The van der Waals surface area contributed by atoms with Crippen molar-refractivity contribution in [2.24, 2.45) is 0 Å². The van der Waals surface area contributed by atoms with E-state index < -0.39 is 82.3 Å². The van der Waals surface area contributed by atoms with Gasteiger partial charge in [0.15, 0.2) is 17.4 Å². The molecule has 1 amide bonds. The summed E-state index contributed by atoms with van der Waals surface area (Å²) >= 11 is 0. The zero-order valence-corrected chi connectivity index (χ0v) is 51.4. The monoisotopic (exact) mass is 1270 g/mol. The van der Waals surface area contributed by atoms with Gasteiger partial charge in [0.05, 0.1) is 30.5 Å². The van der Waals surface area contributed by atoms with Gasteiger partial charge in [-0.2, -0.15) is 13.6 Å². The molecule has 4 aliphatic rings. The van der Waals surface area contributed by atoms with E-state index in [1.54, 1.807) is 6.07 Å². The molecule has 5 heterocycles. The summed E-state index contributed by atoms with van der Waals surface area (Å²) in [6, 6.07) is 20.7. The molecule has 0 bridgehead atoms. The number of aromatic nitrogens is 4. The number of imidazole rings is 1. The molecule has 0 radical (unpaired) electrons. The molecule has 7 atom stereocenters. The lowest BCUT2D eigenvalue weighted by Crippen LogP contribution is -2.33. The molecule has 1 aliphatic carbocycles. The van der Waals surface area contributed by atoms with Crippen molar-refractivity contribution in [1.29, 1.82) is 0 Å². The van der Waals surface area contributed by atoms with E-state index in [0.717, 1.165) is 74.5 Å². The van der Waals surface area contributed by atoms with Crippen molar-refractivity contribution in [2.75, 3.05) is 50.0 Å². The number of fused-ring (bicyclic) bond motifs is 3. The van der Waals surface area contributed by atoms with Crippen molar-refractivity contribution in [3.05, 3.63) is 123 Å². The Hall–Kier alpha value is -6.03. The molecule has 3 unspecified atom stereocenters. The number of allylic oxidation sites excluding steroid dienone is 3. The van der Waals surface area contributed by atoms with Crippen LogP contribution < -0.4 is 31.4 Å². The Morgan fingerprint density at radius 1 is 0.919 bits per heavy atom. The number of rotatable bonds is 28. The number of anilines is 2. The number of nitrogens with two attached hydrogens (primary N) is 1. The topological polar surface area (TPSA) is 394 Å². The van der Waals surface area contributed by atoms with Crippen molar-refractivity contribution >= 4 is 68.4 Å². The van der Waals surface area contributed by atoms with Gasteiger partial charge >= 0.3 is 23.5 Å². The number of aliphatic hydroxyl groups excluding tert-OH is 2. The highest BCUT2D eigenvalue weighted by atomic mass is 32.2. The zero-order chi connectivity index (χ0) is 62.4. The summed E-state index contributed by atoms with van der Waals surface area (Å²) in [5, 5.41) is 25.1. The number of phosphoric ester groups is 2. The van der Waals surface area contributed by atoms with E-state index in [-0.39, 0.29) is 40.8 Å². The minimum atomic E-state index is -5.84. The van der Waals surface area contributed by atoms with Gasteiger partial charge in [0, 0.05) is 59.1 Å². The summed E-state index contributed by atoms with van der Waals surface area (Å²) in [4.78, 5) is 67.1. The number of aromatic amines is 1. The number of hydrogen-bond acceptors (Lipinski definition) is 20. The number of nitrogen functional groups attached to an aromatic ring is 1. The van der Waals surface area contributed by atoms with Crippen LogP contribution in [0.15, 0.2) is 105 Å². The second-order valence-electron chi connectivity index (χ2n) is 21.1. The molecule has 9 N–H and O–H groups in total. The number of nitrogens with zero attached hydrogens (tertiary/aromatic N) is 5. The molecule has 2 aromatic carbocycles. The Bertz CT molecular complexity index is 3870. The van der Waals surface area contributed by atoms with Crippen molar-refractivity contribution in [3.8, 4) is 22.6 Å². The first-order valence-corrected chi connectivity index (χ1v) is 33.7. The van der Waals surface area contributed by atoms with Gasteiger partial charge < -0.3 is 54.6 Å². The lowest BCUT2D eigenvalue weighted by Gasteiger charge is -2.27. The van der Waals surface area contributed by atoms with Gasteiger partial charge in [-0.05, 0) is 87.9 Å². The highest BCUT2D eigenvalue weighted by Crippen LogP contribution is 2.68. The average Bonchev–Trinajstić information content (AvgIpc) is 1.78. The third kappa shape index (κ3) is 15.8. The molecule has 1 saturated heterocycles. The van der Waals surface area contributed by atoms with Crippen LogP contribution in [0.3, 0.4) is 0 Å². The zero-order valence-electron chi connectivity index (χ0n) is 47.9. The molecule has 86 heavy (non-hydrogen) atoms. The van der Waals surface area contributed by atoms with Crippen LogP contribution in [-0.2, 0) is 56.4 Å². The van der Waals surface area contributed by atoms with Gasteiger partial charge in [-0.3, -0.25) is 28.2 Å². The van der Waals surface area contributed by atoms with Crippen LogP contribution in [0.2, 0.25) is 0 Å². The second kappa shape index (κ2) is 27.6. The summed E-state index contributed by atoms with van der Waals surface area (Å²) in [6.07, 6.45) is 4.52. The van der Waals surface area contributed by atoms with Crippen LogP contribution in [-0.4, -0.2) is 121 Å². The number of unbranched alkanes of at least 4 members (excludes halogenated alkanes) is 5. The van der Waals surface area contributed by atoms with E-state index in [9.17, 15) is 61.1 Å². The predicted molar refractivity (Wildman–Crippen MR) is 316 cm³/mol. The average molecular weight is 1270 g/mol. The Labute approximate surface area is 495 Å². The van der Waals surface area contributed by atoms with Gasteiger partial charge in [-0.25, -0.2) is 31.7 Å². The van der Waals surface area contributed by atoms with Crippen LogP contribution in [0.1, 0.15) is 102 Å². The predicted octanol–water partition coefficient (Wildman–Crippen LogP) is 6.71. The minimum absolute atomic E-state index is 0.129. The lowest BCUT2D eigenvalue weighted by atomic mass is 9.83. The molecule has 2 aromatic heterocycles. The lowest BCUT2D eigenvalue weighted by molar-refractivity contribution is -0.121. The number of aliphatic hydroxyl groups is 2. The Kier molecular flexibility index (Phi) is 21.1.